The van der Waals surface area contributed by atoms with Crippen LogP contribution >= 0.6 is 0 Å². The van der Waals surface area contributed by atoms with Gasteiger partial charge in [-0.05, 0) is 36.8 Å². The van der Waals surface area contributed by atoms with E-state index >= 15 is 0 Å². The molecule has 4 N–H and O–H groups in total. The van der Waals surface area contributed by atoms with Crippen molar-refractivity contribution in [2.24, 2.45) is 0 Å². The Hall–Kier alpha value is -4.22. The zero-order chi connectivity index (χ0) is 23.9. The molecule has 4 aromatic rings. The summed E-state index contributed by atoms with van der Waals surface area (Å²) in [4.78, 5) is 35.5. The van der Waals surface area contributed by atoms with Crippen molar-refractivity contribution in [3.63, 3.8) is 0 Å². The quantitative estimate of drug-likeness (QED) is 0.292. The number of aliphatic hydroxyl groups excluding tert-OH is 2. The van der Waals surface area contributed by atoms with Crippen LogP contribution in [0.3, 0.4) is 0 Å². The predicted octanol–water partition coefficient (Wildman–Crippen LogP) is 1.91. The standard InChI is InChI=1S/C23H24N8O3/c1-15-2-3-17(28-22(34)16-4-6-24-7-5-16)12-19(15)29-20-18-13-25-23(30-21(18)27-14-26-20)31(8-10-32)9-11-33/h2-7,12-14,32-33H,8-11H2,1H3,(H,28,34)(H,25,26,27,29,30). The summed E-state index contributed by atoms with van der Waals surface area (Å²) in [6, 6.07) is 8.83. The lowest BCUT2D eigenvalue weighted by Crippen LogP contribution is -2.31. The van der Waals surface area contributed by atoms with Crippen molar-refractivity contribution < 1.29 is 15.0 Å². The van der Waals surface area contributed by atoms with E-state index in [2.05, 4.69) is 35.6 Å². The number of carbonyl (C=O) groups excluding carboxylic acids is 1. The SMILES string of the molecule is Cc1ccc(NC(=O)c2ccncc2)cc1Nc1ncnc2nc(N(CCO)CCO)ncc12. The monoisotopic (exact) mass is 460 g/mol. The number of hydrogen-bond acceptors (Lipinski definition) is 10. The second-order valence-corrected chi connectivity index (χ2v) is 7.41. The smallest absolute Gasteiger partial charge is 0.255 e. The Morgan fingerprint density at radius 3 is 2.53 bits per heavy atom. The van der Waals surface area contributed by atoms with Crippen LogP contribution in [0.2, 0.25) is 0 Å². The zero-order valence-electron chi connectivity index (χ0n) is 18.5. The van der Waals surface area contributed by atoms with Gasteiger partial charge >= 0.3 is 0 Å². The molecule has 0 aliphatic carbocycles. The third kappa shape index (κ3) is 5.22. The minimum atomic E-state index is -0.235. The van der Waals surface area contributed by atoms with Crippen LogP contribution in [-0.2, 0) is 0 Å². The molecule has 0 fully saturated rings. The topological polar surface area (TPSA) is 149 Å². The largest absolute Gasteiger partial charge is 0.395 e. The summed E-state index contributed by atoms with van der Waals surface area (Å²) in [6.45, 7) is 2.34. The van der Waals surface area contributed by atoms with Crippen molar-refractivity contribution in [3.05, 3.63) is 66.4 Å². The molecule has 1 amide bonds. The van der Waals surface area contributed by atoms with Gasteiger partial charge in [0.2, 0.25) is 5.95 Å². The Kier molecular flexibility index (Phi) is 7.16. The first kappa shape index (κ1) is 23.0. The van der Waals surface area contributed by atoms with Gasteiger partial charge < -0.3 is 25.7 Å². The van der Waals surface area contributed by atoms with Gasteiger partial charge in [0, 0.05) is 48.6 Å². The fraction of sp³-hybridized carbons (Fsp3) is 0.217. The molecule has 0 aliphatic heterocycles. The molecular formula is C23H24N8O3. The molecule has 174 valence electrons. The van der Waals surface area contributed by atoms with Crippen molar-refractivity contribution in [3.8, 4) is 0 Å². The molecule has 0 aliphatic rings. The minimum Gasteiger partial charge on any atom is -0.395 e. The molecule has 0 saturated heterocycles. The maximum Gasteiger partial charge on any atom is 0.255 e. The maximum atomic E-state index is 12.5. The van der Waals surface area contributed by atoms with E-state index in [9.17, 15) is 15.0 Å². The van der Waals surface area contributed by atoms with E-state index in [-0.39, 0.29) is 19.1 Å². The molecular weight excluding hydrogens is 436 g/mol. The van der Waals surface area contributed by atoms with E-state index in [1.165, 1.54) is 6.33 Å². The fourth-order valence-electron chi connectivity index (χ4n) is 3.31. The van der Waals surface area contributed by atoms with Crippen molar-refractivity contribution in [1.29, 1.82) is 0 Å². The Balaban J connectivity index is 1.59. The van der Waals surface area contributed by atoms with Crippen LogP contribution < -0.4 is 15.5 Å². The summed E-state index contributed by atoms with van der Waals surface area (Å²) in [7, 11) is 0. The summed E-state index contributed by atoms with van der Waals surface area (Å²) >= 11 is 0. The Morgan fingerprint density at radius 2 is 1.79 bits per heavy atom. The van der Waals surface area contributed by atoms with Gasteiger partial charge in [0.15, 0.2) is 5.65 Å². The Labute approximate surface area is 195 Å². The van der Waals surface area contributed by atoms with Crippen LogP contribution in [-0.4, -0.2) is 67.3 Å². The highest BCUT2D eigenvalue weighted by molar-refractivity contribution is 6.04. The number of amides is 1. The van der Waals surface area contributed by atoms with Crippen molar-refractivity contribution in [1.82, 2.24) is 24.9 Å². The van der Waals surface area contributed by atoms with Crippen molar-refractivity contribution >= 4 is 40.1 Å². The fourth-order valence-corrected chi connectivity index (χ4v) is 3.31. The second kappa shape index (κ2) is 10.6. The lowest BCUT2D eigenvalue weighted by atomic mass is 10.1. The van der Waals surface area contributed by atoms with Crippen LogP contribution in [0.25, 0.3) is 11.0 Å². The molecule has 0 bridgehead atoms. The number of aromatic nitrogens is 5. The molecule has 4 rings (SSSR count). The first-order chi connectivity index (χ1) is 16.6. The number of fused-ring (bicyclic) bond motifs is 1. The lowest BCUT2D eigenvalue weighted by Gasteiger charge is -2.20. The molecule has 11 heteroatoms. The van der Waals surface area contributed by atoms with E-state index in [1.54, 1.807) is 35.6 Å². The Bertz CT molecular complexity index is 1280. The van der Waals surface area contributed by atoms with E-state index in [4.69, 9.17) is 0 Å². The molecule has 1 aromatic carbocycles. The first-order valence-electron chi connectivity index (χ1n) is 10.6. The number of aryl methyl sites for hydroxylation is 1. The summed E-state index contributed by atoms with van der Waals surface area (Å²) < 4.78 is 0. The molecule has 0 atom stereocenters. The van der Waals surface area contributed by atoms with E-state index in [0.717, 1.165) is 11.3 Å². The van der Waals surface area contributed by atoms with Gasteiger partial charge in [0.1, 0.15) is 12.1 Å². The number of rotatable bonds is 9. The number of aliphatic hydroxyl groups is 2. The van der Waals surface area contributed by atoms with Crippen LogP contribution in [0, 0.1) is 6.92 Å². The van der Waals surface area contributed by atoms with E-state index in [1.807, 2.05) is 25.1 Å². The summed E-state index contributed by atoms with van der Waals surface area (Å²) in [6.07, 6.45) is 6.13. The highest BCUT2D eigenvalue weighted by atomic mass is 16.3. The van der Waals surface area contributed by atoms with Gasteiger partial charge in [-0.1, -0.05) is 6.07 Å². The third-order valence-electron chi connectivity index (χ3n) is 5.09. The summed E-state index contributed by atoms with van der Waals surface area (Å²) in [5, 5.41) is 25.3. The van der Waals surface area contributed by atoms with Crippen molar-refractivity contribution in [2.45, 2.75) is 6.92 Å². The number of pyridine rings is 1. The van der Waals surface area contributed by atoms with Crippen LogP contribution in [0.15, 0.2) is 55.2 Å². The number of nitrogens with zero attached hydrogens (tertiary/aromatic N) is 6. The van der Waals surface area contributed by atoms with Crippen LogP contribution in [0.1, 0.15) is 15.9 Å². The molecule has 0 radical (unpaired) electrons. The number of benzene rings is 1. The van der Waals surface area contributed by atoms with Gasteiger partial charge in [-0.2, -0.15) is 4.98 Å². The Morgan fingerprint density at radius 1 is 1.03 bits per heavy atom. The minimum absolute atomic E-state index is 0.0920. The molecule has 3 aromatic heterocycles. The maximum absolute atomic E-state index is 12.5. The third-order valence-corrected chi connectivity index (χ3v) is 5.09. The molecule has 0 spiro atoms. The molecule has 0 unspecified atom stereocenters. The molecule has 34 heavy (non-hydrogen) atoms. The molecule has 11 nitrogen and oxygen atoms in total. The molecule has 0 saturated carbocycles. The lowest BCUT2D eigenvalue weighted by molar-refractivity contribution is 0.102. The van der Waals surface area contributed by atoms with Gasteiger partial charge in [0.05, 0.1) is 18.6 Å². The van der Waals surface area contributed by atoms with Gasteiger partial charge in [-0.25, -0.2) is 15.0 Å². The first-order valence-corrected chi connectivity index (χ1v) is 10.6. The number of anilines is 4. The number of nitrogens with one attached hydrogen (secondary N) is 2. The van der Waals surface area contributed by atoms with Crippen LogP contribution in [0.4, 0.5) is 23.1 Å². The van der Waals surface area contributed by atoms with Gasteiger partial charge in [-0.15, -0.1) is 0 Å². The van der Waals surface area contributed by atoms with E-state index < -0.39 is 0 Å². The van der Waals surface area contributed by atoms with Gasteiger partial charge in [-0.3, -0.25) is 9.78 Å². The zero-order valence-corrected chi connectivity index (χ0v) is 18.5. The van der Waals surface area contributed by atoms with Crippen molar-refractivity contribution in [2.75, 3.05) is 41.8 Å². The predicted molar refractivity (Wildman–Crippen MR) is 128 cm³/mol. The number of hydrogen-bond donors (Lipinski definition) is 4. The average molecular weight is 460 g/mol. The van der Waals surface area contributed by atoms with Crippen LogP contribution in [0.5, 0.6) is 0 Å². The second-order valence-electron chi connectivity index (χ2n) is 7.41. The summed E-state index contributed by atoms with van der Waals surface area (Å²) in [5.74, 6) is 0.631. The molecule has 3 heterocycles. The van der Waals surface area contributed by atoms with E-state index in [0.29, 0.717) is 47.1 Å². The van der Waals surface area contributed by atoms with Gasteiger partial charge in [0.25, 0.3) is 5.91 Å². The highest BCUT2D eigenvalue weighted by Crippen LogP contribution is 2.27. The summed E-state index contributed by atoms with van der Waals surface area (Å²) in [5.41, 5.74) is 3.25. The average Bonchev–Trinajstić information content (AvgIpc) is 2.86. The number of carbonyl (C=O) groups is 1. The highest BCUT2D eigenvalue weighted by Gasteiger charge is 2.14. The normalized spacial score (nSPS) is 10.8.